The first kappa shape index (κ1) is 13.1. The summed E-state index contributed by atoms with van der Waals surface area (Å²) in [7, 11) is 3.67. The van der Waals surface area contributed by atoms with Crippen LogP contribution in [0.15, 0.2) is 48.1 Å². The molecule has 0 aliphatic heterocycles. The van der Waals surface area contributed by atoms with Crippen molar-refractivity contribution in [2.45, 2.75) is 6.04 Å². The minimum absolute atomic E-state index is 0.0866. The zero-order valence-corrected chi connectivity index (χ0v) is 12.3. The Morgan fingerprint density at radius 2 is 2.05 bits per heavy atom. The Kier molecular flexibility index (Phi) is 3.67. The molecule has 2 aromatic heterocycles. The summed E-state index contributed by atoms with van der Waals surface area (Å²) < 4.78 is 5.45. The number of hydrogen-bond donors (Lipinski definition) is 1. The molecule has 3 nitrogen and oxygen atoms in total. The lowest BCUT2D eigenvalue weighted by molar-refractivity contribution is 0.409. The molecule has 102 valence electrons. The Morgan fingerprint density at radius 3 is 2.85 bits per heavy atom. The van der Waals surface area contributed by atoms with Crippen LogP contribution in [0, 0.1) is 0 Å². The smallest absolute Gasteiger partial charge is 0.134 e. The van der Waals surface area contributed by atoms with E-state index < -0.39 is 0 Å². The van der Waals surface area contributed by atoms with Crippen LogP contribution >= 0.6 is 11.3 Å². The molecule has 0 aliphatic rings. The molecule has 0 fully saturated rings. The molecule has 1 N–H and O–H groups in total. The second-order valence-electron chi connectivity index (χ2n) is 4.52. The monoisotopic (exact) mass is 284 g/mol. The number of rotatable bonds is 4. The van der Waals surface area contributed by atoms with Crippen molar-refractivity contribution in [3.63, 3.8) is 0 Å². The molecule has 1 atom stereocenters. The Hall–Kier alpha value is -1.91. The fourth-order valence-corrected chi connectivity index (χ4v) is 3.47. The number of fused-ring (bicyclic) bond motifs is 1. The summed E-state index contributed by atoms with van der Waals surface area (Å²) >= 11 is 1.69. The molecule has 2 heterocycles. The minimum Gasteiger partial charge on any atom is -0.496 e. The lowest BCUT2D eigenvalue weighted by atomic mass is 10.0. The zero-order valence-electron chi connectivity index (χ0n) is 11.5. The highest BCUT2D eigenvalue weighted by molar-refractivity contribution is 7.10. The fourth-order valence-electron chi connectivity index (χ4n) is 2.49. The molecule has 20 heavy (non-hydrogen) atoms. The van der Waals surface area contributed by atoms with Gasteiger partial charge in [-0.1, -0.05) is 24.3 Å². The van der Waals surface area contributed by atoms with E-state index in [9.17, 15) is 0 Å². The van der Waals surface area contributed by atoms with Crippen molar-refractivity contribution in [3.05, 3.63) is 58.5 Å². The van der Waals surface area contributed by atoms with Gasteiger partial charge in [0.1, 0.15) is 5.75 Å². The summed E-state index contributed by atoms with van der Waals surface area (Å²) in [5, 5.41) is 7.80. The maximum absolute atomic E-state index is 5.45. The van der Waals surface area contributed by atoms with Crippen LogP contribution in [0.25, 0.3) is 10.8 Å². The topological polar surface area (TPSA) is 34.1 Å². The van der Waals surface area contributed by atoms with Crippen LogP contribution in [0.1, 0.15) is 16.5 Å². The largest absolute Gasteiger partial charge is 0.496 e. The number of aromatic nitrogens is 1. The Morgan fingerprint density at radius 1 is 1.20 bits per heavy atom. The van der Waals surface area contributed by atoms with E-state index in [1.54, 1.807) is 18.4 Å². The Bertz CT molecular complexity index is 718. The minimum atomic E-state index is 0.0866. The third kappa shape index (κ3) is 2.17. The highest BCUT2D eigenvalue weighted by Crippen LogP contribution is 2.36. The van der Waals surface area contributed by atoms with Crippen molar-refractivity contribution in [2.75, 3.05) is 14.2 Å². The first-order valence-electron chi connectivity index (χ1n) is 6.46. The summed E-state index contributed by atoms with van der Waals surface area (Å²) in [5.41, 5.74) is 1.17. The van der Waals surface area contributed by atoms with E-state index in [0.29, 0.717) is 0 Å². The zero-order chi connectivity index (χ0) is 13.9. The number of ether oxygens (including phenoxy) is 1. The van der Waals surface area contributed by atoms with E-state index in [2.05, 4.69) is 33.9 Å². The van der Waals surface area contributed by atoms with Gasteiger partial charge in [0.05, 0.1) is 18.0 Å². The lowest BCUT2D eigenvalue weighted by Gasteiger charge is -2.18. The van der Waals surface area contributed by atoms with Crippen molar-refractivity contribution in [1.82, 2.24) is 10.3 Å². The molecule has 1 unspecified atom stereocenters. The SMILES string of the molecule is CNC(c1sccc1OC)c1cncc2ccccc12. The van der Waals surface area contributed by atoms with Gasteiger partial charge in [-0.3, -0.25) is 4.98 Å². The molecule has 0 saturated heterocycles. The van der Waals surface area contributed by atoms with Gasteiger partial charge < -0.3 is 10.1 Å². The van der Waals surface area contributed by atoms with Crippen LogP contribution in [0.4, 0.5) is 0 Å². The Balaban J connectivity index is 2.17. The van der Waals surface area contributed by atoms with Crippen LogP contribution in [-0.2, 0) is 0 Å². The number of benzene rings is 1. The number of pyridine rings is 1. The summed E-state index contributed by atoms with van der Waals surface area (Å²) in [4.78, 5) is 5.55. The van der Waals surface area contributed by atoms with E-state index in [-0.39, 0.29) is 6.04 Å². The number of nitrogens with zero attached hydrogens (tertiary/aromatic N) is 1. The quantitative estimate of drug-likeness (QED) is 0.794. The molecule has 0 amide bonds. The molecule has 3 aromatic rings. The normalized spacial score (nSPS) is 12.5. The maximum Gasteiger partial charge on any atom is 0.134 e. The average molecular weight is 284 g/mol. The highest BCUT2D eigenvalue weighted by Gasteiger charge is 2.20. The van der Waals surface area contributed by atoms with E-state index in [0.717, 1.165) is 11.1 Å². The predicted octanol–water partition coefficient (Wildman–Crippen LogP) is 3.61. The van der Waals surface area contributed by atoms with Gasteiger partial charge in [-0.25, -0.2) is 0 Å². The molecule has 1 aromatic carbocycles. The van der Waals surface area contributed by atoms with Crippen molar-refractivity contribution >= 4 is 22.1 Å². The van der Waals surface area contributed by atoms with Crippen molar-refractivity contribution in [1.29, 1.82) is 0 Å². The summed E-state index contributed by atoms with van der Waals surface area (Å²) in [6, 6.07) is 10.4. The van der Waals surface area contributed by atoms with Gasteiger partial charge in [0.2, 0.25) is 0 Å². The van der Waals surface area contributed by atoms with Gasteiger partial charge in [0, 0.05) is 23.3 Å². The molecule has 0 saturated carbocycles. The number of methoxy groups -OCH3 is 1. The van der Waals surface area contributed by atoms with Gasteiger partial charge >= 0.3 is 0 Å². The maximum atomic E-state index is 5.45. The molecule has 3 rings (SSSR count). The third-order valence-corrected chi connectivity index (χ3v) is 4.40. The van der Waals surface area contributed by atoms with Crippen molar-refractivity contribution in [3.8, 4) is 5.75 Å². The molecule has 0 aliphatic carbocycles. The van der Waals surface area contributed by atoms with Crippen LogP contribution in [0.2, 0.25) is 0 Å². The van der Waals surface area contributed by atoms with Gasteiger partial charge in [0.25, 0.3) is 0 Å². The summed E-state index contributed by atoms with van der Waals surface area (Å²) in [5.74, 6) is 0.919. The third-order valence-electron chi connectivity index (χ3n) is 3.44. The van der Waals surface area contributed by atoms with Crippen LogP contribution in [-0.4, -0.2) is 19.1 Å². The standard InChI is InChI=1S/C16H16N2OS/c1-17-15(16-14(19-2)7-8-20-16)13-10-18-9-11-5-3-4-6-12(11)13/h3-10,15,17H,1-2H3. The van der Waals surface area contributed by atoms with Crippen LogP contribution in [0.3, 0.4) is 0 Å². The first-order valence-corrected chi connectivity index (χ1v) is 7.34. The number of hydrogen-bond acceptors (Lipinski definition) is 4. The molecule has 0 radical (unpaired) electrons. The predicted molar refractivity (Wildman–Crippen MR) is 83.5 cm³/mol. The lowest BCUT2D eigenvalue weighted by Crippen LogP contribution is -2.17. The van der Waals surface area contributed by atoms with Crippen molar-refractivity contribution in [2.24, 2.45) is 0 Å². The van der Waals surface area contributed by atoms with Gasteiger partial charge in [-0.05, 0) is 23.9 Å². The summed E-state index contributed by atoms with van der Waals surface area (Å²) in [6.07, 6.45) is 3.83. The number of thiophene rings is 1. The van der Waals surface area contributed by atoms with Gasteiger partial charge in [-0.2, -0.15) is 0 Å². The molecule has 0 spiro atoms. The number of nitrogens with one attached hydrogen (secondary N) is 1. The van der Waals surface area contributed by atoms with Gasteiger partial charge in [0.15, 0.2) is 0 Å². The van der Waals surface area contributed by atoms with E-state index in [1.165, 1.54) is 15.8 Å². The van der Waals surface area contributed by atoms with Crippen LogP contribution < -0.4 is 10.1 Å². The van der Waals surface area contributed by atoms with Crippen LogP contribution in [0.5, 0.6) is 5.75 Å². The second-order valence-corrected chi connectivity index (χ2v) is 5.47. The highest BCUT2D eigenvalue weighted by atomic mass is 32.1. The second kappa shape index (κ2) is 5.61. The molecular weight excluding hydrogens is 268 g/mol. The molecule has 0 bridgehead atoms. The van der Waals surface area contributed by atoms with E-state index in [1.807, 2.05) is 31.6 Å². The van der Waals surface area contributed by atoms with E-state index in [4.69, 9.17) is 4.74 Å². The van der Waals surface area contributed by atoms with Crippen molar-refractivity contribution < 1.29 is 4.74 Å². The molecular formula is C16H16N2OS. The summed E-state index contributed by atoms with van der Waals surface area (Å²) in [6.45, 7) is 0. The first-order chi connectivity index (χ1) is 9.85. The average Bonchev–Trinajstić information content (AvgIpc) is 2.97. The Labute approximate surface area is 122 Å². The van der Waals surface area contributed by atoms with Gasteiger partial charge in [-0.15, -0.1) is 11.3 Å². The van der Waals surface area contributed by atoms with E-state index >= 15 is 0 Å². The fraction of sp³-hybridized carbons (Fsp3) is 0.188. The molecule has 4 heteroatoms.